The van der Waals surface area contributed by atoms with E-state index in [9.17, 15) is 4.79 Å². The number of carbonyl (C=O) groups is 1. The van der Waals surface area contributed by atoms with Crippen LogP contribution in [0.1, 0.15) is 37.7 Å². The summed E-state index contributed by atoms with van der Waals surface area (Å²) in [6.07, 6.45) is 5.75. The van der Waals surface area contributed by atoms with Gasteiger partial charge in [-0.25, -0.2) is 0 Å². The molecule has 114 valence electrons. The Morgan fingerprint density at radius 1 is 1.14 bits per heavy atom. The van der Waals surface area contributed by atoms with Gasteiger partial charge in [-0.1, -0.05) is 30.3 Å². The number of hydrogen-bond acceptors (Lipinski definition) is 3. The van der Waals surface area contributed by atoms with Crippen molar-refractivity contribution < 1.29 is 9.53 Å². The second kappa shape index (κ2) is 7.05. The average Bonchev–Trinajstić information content (AvgIpc) is 3.24. The van der Waals surface area contributed by atoms with Crippen molar-refractivity contribution in [2.24, 2.45) is 0 Å². The molecule has 1 aromatic carbocycles. The third-order valence-electron chi connectivity index (χ3n) is 4.23. The van der Waals surface area contributed by atoms with Crippen LogP contribution in [0.15, 0.2) is 30.3 Å². The summed E-state index contributed by atoms with van der Waals surface area (Å²) in [5.41, 5.74) is 1.19. The number of nitrogens with one attached hydrogen (secondary N) is 2. The predicted molar refractivity (Wildman–Crippen MR) is 81.8 cm³/mol. The van der Waals surface area contributed by atoms with Crippen molar-refractivity contribution in [3.05, 3.63) is 35.9 Å². The smallest absolute Gasteiger partial charge is 0.234 e. The molecule has 21 heavy (non-hydrogen) atoms. The van der Waals surface area contributed by atoms with E-state index >= 15 is 0 Å². The van der Waals surface area contributed by atoms with Crippen LogP contribution >= 0.6 is 0 Å². The first kappa shape index (κ1) is 14.5. The molecule has 0 spiro atoms. The number of carbonyl (C=O) groups excluding carboxylic acids is 1. The SMILES string of the molecule is O=C(CNC1CC1)N[C@@H]1CCC[C@H]1OCc1ccccc1. The standard InChI is InChI=1S/C17H24N2O2/c20-17(11-18-14-9-10-14)19-15-7-4-8-16(15)21-12-13-5-2-1-3-6-13/h1-3,5-6,14-16,18H,4,7-12H2,(H,19,20)/t15-,16-/m1/s1. The molecule has 3 rings (SSSR count). The highest BCUT2D eigenvalue weighted by Crippen LogP contribution is 2.23. The van der Waals surface area contributed by atoms with Crippen molar-refractivity contribution in [2.45, 2.75) is 56.9 Å². The summed E-state index contributed by atoms with van der Waals surface area (Å²) < 4.78 is 6.01. The van der Waals surface area contributed by atoms with Crippen molar-refractivity contribution in [3.8, 4) is 0 Å². The number of rotatable bonds is 7. The predicted octanol–water partition coefficient (Wildman–Crippen LogP) is 1.99. The Labute approximate surface area is 126 Å². The van der Waals surface area contributed by atoms with Crippen LogP contribution in [0.25, 0.3) is 0 Å². The molecule has 0 aliphatic heterocycles. The molecule has 0 heterocycles. The highest BCUT2D eigenvalue weighted by atomic mass is 16.5. The van der Waals surface area contributed by atoms with E-state index in [1.54, 1.807) is 0 Å². The largest absolute Gasteiger partial charge is 0.371 e. The molecule has 2 atom stereocenters. The van der Waals surface area contributed by atoms with E-state index in [0.717, 1.165) is 19.3 Å². The maximum absolute atomic E-state index is 11.9. The lowest BCUT2D eigenvalue weighted by atomic mass is 10.2. The van der Waals surface area contributed by atoms with Crippen LogP contribution in [-0.2, 0) is 16.1 Å². The molecule has 2 aliphatic rings. The third kappa shape index (κ3) is 4.55. The van der Waals surface area contributed by atoms with E-state index in [-0.39, 0.29) is 18.1 Å². The molecule has 2 fully saturated rings. The Bertz CT molecular complexity index is 459. The van der Waals surface area contributed by atoms with Crippen molar-refractivity contribution in [2.75, 3.05) is 6.54 Å². The molecule has 4 nitrogen and oxygen atoms in total. The van der Waals surface area contributed by atoms with Crippen molar-refractivity contribution >= 4 is 5.91 Å². The van der Waals surface area contributed by atoms with Gasteiger partial charge in [0.2, 0.25) is 5.91 Å². The monoisotopic (exact) mass is 288 g/mol. The average molecular weight is 288 g/mol. The Hall–Kier alpha value is -1.39. The van der Waals surface area contributed by atoms with Gasteiger partial charge in [0.05, 0.1) is 25.3 Å². The van der Waals surface area contributed by atoms with Gasteiger partial charge in [-0.05, 0) is 37.7 Å². The van der Waals surface area contributed by atoms with Gasteiger partial charge in [0.15, 0.2) is 0 Å². The zero-order chi connectivity index (χ0) is 14.5. The molecular formula is C17H24N2O2. The van der Waals surface area contributed by atoms with Gasteiger partial charge in [0, 0.05) is 6.04 Å². The number of amides is 1. The van der Waals surface area contributed by atoms with Crippen molar-refractivity contribution in [1.82, 2.24) is 10.6 Å². The molecule has 0 bridgehead atoms. The Kier molecular flexibility index (Phi) is 4.88. The van der Waals surface area contributed by atoms with Gasteiger partial charge in [-0.3, -0.25) is 4.79 Å². The van der Waals surface area contributed by atoms with Crippen molar-refractivity contribution in [1.29, 1.82) is 0 Å². The van der Waals surface area contributed by atoms with Crippen LogP contribution in [0, 0.1) is 0 Å². The summed E-state index contributed by atoms with van der Waals surface area (Å²) in [4.78, 5) is 11.9. The van der Waals surface area contributed by atoms with Crippen LogP contribution in [0.2, 0.25) is 0 Å². The molecule has 1 aromatic rings. The number of benzene rings is 1. The van der Waals surface area contributed by atoms with Gasteiger partial charge < -0.3 is 15.4 Å². The molecule has 2 N–H and O–H groups in total. The zero-order valence-electron chi connectivity index (χ0n) is 12.4. The lowest BCUT2D eigenvalue weighted by Crippen LogP contribution is -2.45. The Morgan fingerprint density at radius 3 is 2.71 bits per heavy atom. The van der Waals surface area contributed by atoms with Gasteiger partial charge in [-0.15, -0.1) is 0 Å². The van der Waals surface area contributed by atoms with Crippen LogP contribution in [0.3, 0.4) is 0 Å². The summed E-state index contributed by atoms with van der Waals surface area (Å²) in [5.74, 6) is 0.0992. The summed E-state index contributed by atoms with van der Waals surface area (Å²) in [5, 5.41) is 6.37. The van der Waals surface area contributed by atoms with Crippen LogP contribution in [0.4, 0.5) is 0 Å². The topological polar surface area (TPSA) is 50.4 Å². The van der Waals surface area contributed by atoms with Crippen LogP contribution in [0.5, 0.6) is 0 Å². The minimum Gasteiger partial charge on any atom is -0.371 e. The Morgan fingerprint density at radius 2 is 1.95 bits per heavy atom. The quantitative estimate of drug-likeness (QED) is 0.807. The molecule has 0 unspecified atom stereocenters. The second-order valence-corrected chi connectivity index (χ2v) is 6.10. The van der Waals surface area contributed by atoms with Crippen LogP contribution < -0.4 is 10.6 Å². The highest BCUT2D eigenvalue weighted by Gasteiger charge is 2.29. The van der Waals surface area contributed by atoms with Gasteiger partial charge in [-0.2, -0.15) is 0 Å². The Balaban J connectivity index is 1.42. The zero-order valence-corrected chi connectivity index (χ0v) is 12.4. The van der Waals surface area contributed by atoms with Gasteiger partial charge in [0.25, 0.3) is 0 Å². The number of hydrogen-bond donors (Lipinski definition) is 2. The lowest BCUT2D eigenvalue weighted by Gasteiger charge is -2.21. The van der Waals surface area contributed by atoms with E-state index in [4.69, 9.17) is 4.74 Å². The molecule has 0 aromatic heterocycles. The molecule has 2 saturated carbocycles. The van der Waals surface area contributed by atoms with E-state index in [1.807, 2.05) is 18.2 Å². The fourth-order valence-corrected chi connectivity index (χ4v) is 2.85. The minimum atomic E-state index is 0.0992. The van der Waals surface area contributed by atoms with Gasteiger partial charge >= 0.3 is 0 Å². The molecule has 0 saturated heterocycles. The van der Waals surface area contributed by atoms with E-state index in [1.165, 1.54) is 18.4 Å². The maximum Gasteiger partial charge on any atom is 0.234 e. The first-order chi connectivity index (χ1) is 10.3. The fourth-order valence-electron chi connectivity index (χ4n) is 2.85. The third-order valence-corrected chi connectivity index (χ3v) is 4.23. The molecule has 4 heteroatoms. The van der Waals surface area contributed by atoms with E-state index < -0.39 is 0 Å². The summed E-state index contributed by atoms with van der Waals surface area (Å²) in [7, 11) is 0. The van der Waals surface area contributed by atoms with Crippen LogP contribution in [-0.4, -0.2) is 30.6 Å². The highest BCUT2D eigenvalue weighted by molar-refractivity contribution is 5.78. The fraction of sp³-hybridized carbons (Fsp3) is 0.588. The first-order valence-corrected chi connectivity index (χ1v) is 7.99. The first-order valence-electron chi connectivity index (χ1n) is 7.99. The van der Waals surface area contributed by atoms with Gasteiger partial charge in [0.1, 0.15) is 0 Å². The molecular weight excluding hydrogens is 264 g/mol. The molecule has 1 amide bonds. The lowest BCUT2D eigenvalue weighted by molar-refractivity contribution is -0.122. The summed E-state index contributed by atoms with van der Waals surface area (Å²) >= 11 is 0. The summed E-state index contributed by atoms with van der Waals surface area (Å²) in [6.45, 7) is 1.06. The van der Waals surface area contributed by atoms with E-state index in [2.05, 4.69) is 22.8 Å². The summed E-state index contributed by atoms with van der Waals surface area (Å²) in [6, 6.07) is 10.9. The molecule has 2 aliphatic carbocycles. The second-order valence-electron chi connectivity index (χ2n) is 6.10. The minimum absolute atomic E-state index is 0.0992. The molecule has 0 radical (unpaired) electrons. The normalized spacial score (nSPS) is 25.0. The van der Waals surface area contributed by atoms with Crippen molar-refractivity contribution in [3.63, 3.8) is 0 Å². The maximum atomic E-state index is 11.9. The van der Waals surface area contributed by atoms with E-state index in [0.29, 0.717) is 19.2 Å². The number of ether oxygens (including phenoxy) is 1.